The van der Waals surface area contributed by atoms with Gasteiger partial charge in [0.2, 0.25) is 5.13 Å². The average Bonchev–Trinajstić information content (AvgIpc) is 2.88. The molecule has 1 heterocycles. The van der Waals surface area contributed by atoms with Crippen molar-refractivity contribution in [2.24, 2.45) is 5.73 Å². The molecule has 5 nitrogen and oxygen atoms in total. The van der Waals surface area contributed by atoms with Gasteiger partial charge in [-0.2, -0.15) is 0 Å². The van der Waals surface area contributed by atoms with Gasteiger partial charge in [-0.3, -0.25) is 10.1 Å². The van der Waals surface area contributed by atoms with Crippen LogP contribution in [0.3, 0.4) is 0 Å². The number of rotatable bonds is 6. The van der Waals surface area contributed by atoms with Gasteiger partial charge >= 0.3 is 0 Å². The normalized spacial score (nSPS) is 10.4. The van der Waals surface area contributed by atoms with Crippen molar-refractivity contribution in [3.8, 4) is 0 Å². The lowest BCUT2D eigenvalue weighted by atomic mass is 10.2. The summed E-state index contributed by atoms with van der Waals surface area (Å²) in [4.78, 5) is 11.9. The number of aryl methyl sites for hydroxylation is 1. The number of unbranched alkanes of at least 4 members (excludes halogenated alkanes) is 1. The maximum atomic E-state index is 11.9. The number of aromatic nitrogens is 2. The van der Waals surface area contributed by atoms with E-state index >= 15 is 0 Å². The number of carbonyl (C=O) groups is 1. The minimum Gasteiger partial charge on any atom is -0.330 e. The van der Waals surface area contributed by atoms with E-state index in [1.54, 1.807) is 12.1 Å². The molecule has 1 aromatic heterocycles. The zero-order valence-electron chi connectivity index (χ0n) is 10.5. The van der Waals surface area contributed by atoms with E-state index in [0.29, 0.717) is 17.2 Å². The number of benzene rings is 1. The van der Waals surface area contributed by atoms with Crippen LogP contribution in [0, 0.1) is 0 Å². The molecule has 2 rings (SSSR count). The van der Waals surface area contributed by atoms with Gasteiger partial charge in [0.05, 0.1) is 0 Å². The van der Waals surface area contributed by atoms with Crippen LogP contribution in [0.1, 0.15) is 28.2 Å². The van der Waals surface area contributed by atoms with Crippen LogP contribution >= 0.6 is 11.3 Å². The highest BCUT2D eigenvalue weighted by Gasteiger charge is 2.09. The summed E-state index contributed by atoms with van der Waals surface area (Å²) in [6, 6.07) is 9.05. The van der Waals surface area contributed by atoms with E-state index < -0.39 is 0 Å². The first-order valence-electron chi connectivity index (χ1n) is 6.18. The molecule has 0 aliphatic rings. The second-order valence-corrected chi connectivity index (χ2v) is 5.13. The van der Waals surface area contributed by atoms with Gasteiger partial charge in [-0.25, -0.2) is 0 Å². The lowest BCUT2D eigenvalue weighted by Crippen LogP contribution is -2.11. The van der Waals surface area contributed by atoms with Crippen LogP contribution < -0.4 is 11.1 Å². The molecule has 0 fully saturated rings. The topological polar surface area (TPSA) is 80.9 Å². The van der Waals surface area contributed by atoms with Crippen LogP contribution in [0.5, 0.6) is 0 Å². The van der Waals surface area contributed by atoms with E-state index in [4.69, 9.17) is 5.73 Å². The molecule has 19 heavy (non-hydrogen) atoms. The maximum absolute atomic E-state index is 11.9. The molecule has 2 aromatic rings. The Balaban J connectivity index is 1.91. The Labute approximate surface area is 115 Å². The summed E-state index contributed by atoms with van der Waals surface area (Å²) in [7, 11) is 0. The molecule has 6 heteroatoms. The first-order chi connectivity index (χ1) is 9.29. The third-order valence-corrected chi connectivity index (χ3v) is 3.47. The molecule has 0 radical (unpaired) electrons. The van der Waals surface area contributed by atoms with Gasteiger partial charge < -0.3 is 5.73 Å². The Morgan fingerprint density at radius 3 is 2.74 bits per heavy atom. The van der Waals surface area contributed by atoms with Gasteiger partial charge in [-0.15, -0.1) is 10.2 Å². The largest absolute Gasteiger partial charge is 0.330 e. The zero-order chi connectivity index (χ0) is 13.5. The maximum Gasteiger partial charge on any atom is 0.257 e. The third kappa shape index (κ3) is 4.11. The van der Waals surface area contributed by atoms with Gasteiger partial charge in [0.25, 0.3) is 5.91 Å². The highest BCUT2D eigenvalue weighted by Crippen LogP contribution is 2.17. The van der Waals surface area contributed by atoms with E-state index in [1.165, 1.54) is 11.3 Å². The van der Waals surface area contributed by atoms with Crippen LogP contribution in [0.2, 0.25) is 0 Å². The molecule has 1 amide bonds. The number of nitrogens with zero attached hydrogens (tertiary/aromatic N) is 2. The standard InChI is InChI=1S/C13H16N4OS/c14-9-5-4-8-11-16-17-13(19-11)15-12(18)10-6-2-1-3-7-10/h1-3,6-7H,4-5,8-9,14H2,(H,15,17,18). The summed E-state index contributed by atoms with van der Waals surface area (Å²) in [6.07, 6.45) is 2.83. The van der Waals surface area contributed by atoms with Gasteiger partial charge in [0.15, 0.2) is 0 Å². The number of nitrogens with two attached hydrogens (primary N) is 1. The Morgan fingerprint density at radius 2 is 2.00 bits per heavy atom. The fraction of sp³-hybridized carbons (Fsp3) is 0.308. The number of nitrogens with one attached hydrogen (secondary N) is 1. The van der Waals surface area contributed by atoms with Crippen molar-refractivity contribution in [3.05, 3.63) is 40.9 Å². The number of hydrogen-bond acceptors (Lipinski definition) is 5. The summed E-state index contributed by atoms with van der Waals surface area (Å²) in [6.45, 7) is 0.691. The molecule has 0 saturated carbocycles. The van der Waals surface area contributed by atoms with E-state index in [1.807, 2.05) is 18.2 Å². The molecule has 0 saturated heterocycles. The summed E-state index contributed by atoms with van der Waals surface area (Å²) >= 11 is 1.41. The monoisotopic (exact) mass is 276 g/mol. The Hall–Kier alpha value is -1.79. The number of amides is 1. The van der Waals surface area contributed by atoms with Crippen molar-refractivity contribution in [1.82, 2.24) is 10.2 Å². The summed E-state index contributed by atoms with van der Waals surface area (Å²) in [5.41, 5.74) is 6.05. The van der Waals surface area contributed by atoms with Gasteiger partial charge in [-0.1, -0.05) is 29.5 Å². The molecule has 0 aliphatic carbocycles. The SMILES string of the molecule is NCCCCc1nnc(NC(=O)c2ccccc2)s1. The van der Waals surface area contributed by atoms with Crippen molar-refractivity contribution in [1.29, 1.82) is 0 Å². The Morgan fingerprint density at radius 1 is 1.21 bits per heavy atom. The fourth-order valence-electron chi connectivity index (χ4n) is 1.58. The predicted octanol–water partition coefficient (Wildman–Crippen LogP) is 2.07. The fourth-order valence-corrected chi connectivity index (χ4v) is 2.36. The van der Waals surface area contributed by atoms with Crippen molar-refractivity contribution in [2.45, 2.75) is 19.3 Å². The molecule has 3 N–H and O–H groups in total. The van der Waals surface area contributed by atoms with Crippen molar-refractivity contribution >= 4 is 22.4 Å². The van der Waals surface area contributed by atoms with Gasteiger partial charge in [0, 0.05) is 12.0 Å². The molecular formula is C13H16N4OS. The number of hydrogen-bond donors (Lipinski definition) is 2. The predicted molar refractivity (Wildman–Crippen MR) is 76.3 cm³/mol. The van der Waals surface area contributed by atoms with Crippen LogP contribution in [0.4, 0.5) is 5.13 Å². The molecular weight excluding hydrogens is 260 g/mol. The van der Waals surface area contributed by atoms with Crippen molar-refractivity contribution < 1.29 is 4.79 Å². The summed E-state index contributed by atoms with van der Waals surface area (Å²) in [5, 5.41) is 12.2. The van der Waals surface area contributed by atoms with E-state index in [2.05, 4.69) is 15.5 Å². The molecule has 0 unspecified atom stereocenters. The average molecular weight is 276 g/mol. The van der Waals surface area contributed by atoms with Gasteiger partial charge in [-0.05, 0) is 31.5 Å². The second kappa shape index (κ2) is 6.96. The molecule has 0 spiro atoms. The third-order valence-electron chi connectivity index (χ3n) is 2.57. The quantitative estimate of drug-likeness (QED) is 0.791. The highest BCUT2D eigenvalue weighted by molar-refractivity contribution is 7.15. The molecule has 100 valence electrons. The van der Waals surface area contributed by atoms with Crippen LogP contribution in [0.25, 0.3) is 0 Å². The van der Waals surface area contributed by atoms with Crippen molar-refractivity contribution in [2.75, 3.05) is 11.9 Å². The first-order valence-corrected chi connectivity index (χ1v) is 7.00. The van der Waals surface area contributed by atoms with E-state index in [0.717, 1.165) is 24.3 Å². The molecule has 0 atom stereocenters. The van der Waals surface area contributed by atoms with E-state index in [9.17, 15) is 4.79 Å². The summed E-state index contributed by atoms with van der Waals surface area (Å²) < 4.78 is 0. The smallest absolute Gasteiger partial charge is 0.257 e. The van der Waals surface area contributed by atoms with Crippen LogP contribution in [-0.2, 0) is 6.42 Å². The number of anilines is 1. The van der Waals surface area contributed by atoms with Crippen LogP contribution in [-0.4, -0.2) is 22.6 Å². The Kier molecular flexibility index (Phi) is 5.00. The Bertz CT molecular complexity index is 526. The minimum absolute atomic E-state index is 0.162. The minimum atomic E-state index is -0.162. The highest BCUT2D eigenvalue weighted by atomic mass is 32.1. The van der Waals surface area contributed by atoms with Crippen LogP contribution in [0.15, 0.2) is 30.3 Å². The lowest BCUT2D eigenvalue weighted by molar-refractivity contribution is 0.102. The van der Waals surface area contributed by atoms with Gasteiger partial charge in [0.1, 0.15) is 5.01 Å². The molecule has 0 bridgehead atoms. The second-order valence-electron chi connectivity index (χ2n) is 4.07. The number of carbonyl (C=O) groups excluding carboxylic acids is 1. The lowest BCUT2D eigenvalue weighted by Gasteiger charge is -1.99. The summed E-state index contributed by atoms with van der Waals surface area (Å²) in [5.74, 6) is -0.162. The first kappa shape index (κ1) is 13.6. The zero-order valence-corrected chi connectivity index (χ0v) is 11.3. The van der Waals surface area contributed by atoms with E-state index in [-0.39, 0.29) is 5.91 Å². The molecule has 0 aliphatic heterocycles. The van der Waals surface area contributed by atoms with Crippen molar-refractivity contribution in [3.63, 3.8) is 0 Å². The molecule has 1 aromatic carbocycles.